The third-order valence-corrected chi connectivity index (χ3v) is 6.68. The molecule has 0 aromatic heterocycles. The van der Waals surface area contributed by atoms with Crippen molar-refractivity contribution >= 4 is 33.1 Å². The maximum atomic E-state index is 12.8. The summed E-state index contributed by atoms with van der Waals surface area (Å²) < 4.78 is 28.7. The van der Waals surface area contributed by atoms with Gasteiger partial charge in [0.05, 0.1) is 5.92 Å². The number of benzene rings is 2. The van der Waals surface area contributed by atoms with Crippen LogP contribution in [0.15, 0.2) is 57.8 Å². The monoisotopic (exact) mass is 412 g/mol. The summed E-state index contributed by atoms with van der Waals surface area (Å²) in [5.41, 5.74) is 2.43. The number of hydrogen-bond donors (Lipinski definition) is 1. The Balaban J connectivity index is 1.48. The van der Waals surface area contributed by atoms with Gasteiger partial charge >= 0.3 is 0 Å². The van der Waals surface area contributed by atoms with E-state index in [0.717, 1.165) is 24.2 Å². The first kappa shape index (κ1) is 19.4. The average molecular weight is 413 g/mol. The number of nitrogens with zero attached hydrogens (tertiary/aromatic N) is 3. The molecule has 0 aliphatic carbocycles. The summed E-state index contributed by atoms with van der Waals surface area (Å²) in [5, 5.41) is 2.98. The zero-order chi connectivity index (χ0) is 20.6. The van der Waals surface area contributed by atoms with Gasteiger partial charge in [-0.2, -0.15) is 8.42 Å². The van der Waals surface area contributed by atoms with Gasteiger partial charge in [0.1, 0.15) is 4.90 Å². The van der Waals surface area contributed by atoms with E-state index in [1.165, 1.54) is 0 Å². The van der Waals surface area contributed by atoms with Crippen LogP contribution in [0.5, 0.6) is 0 Å². The lowest BCUT2D eigenvalue weighted by atomic mass is 9.96. The lowest BCUT2D eigenvalue weighted by Crippen LogP contribution is -2.43. The quantitative estimate of drug-likeness (QED) is 0.838. The molecule has 1 atom stereocenters. The molecule has 2 aliphatic heterocycles. The molecule has 0 spiro atoms. The number of likely N-dealkylation sites (tertiary alicyclic amines) is 1. The summed E-state index contributed by atoms with van der Waals surface area (Å²) >= 11 is 0. The summed E-state index contributed by atoms with van der Waals surface area (Å²) in [4.78, 5) is 17.0. The molecule has 2 aromatic carbocycles. The molecule has 7 nitrogen and oxygen atoms in total. The molecule has 2 heterocycles. The second-order valence-corrected chi connectivity index (χ2v) is 9.17. The number of fused-ring (bicyclic) bond motifs is 1. The van der Waals surface area contributed by atoms with Crippen LogP contribution in [-0.4, -0.2) is 52.2 Å². The van der Waals surface area contributed by atoms with Crippen LogP contribution in [0.3, 0.4) is 0 Å². The van der Waals surface area contributed by atoms with Crippen LogP contribution in [0.1, 0.15) is 18.4 Å². The van der Waals surface area contributed by atoms with Gasteiger partial charge in [0.25, 0.3) is 10.0 Å². The fraction of sp³-hybridized carbons (Fsp3) is 0.333. The van der Waals surface area contributed by atoms with E-state index >= 15 is 0 Å². The van der Waals surface area contributed by atoms with Crippen molar-refractivity contribution < 1.29 is 13.2 Å². The molecule has 1 fully saturated rings. The molecule has 0 saturated carbocycles. The second kappa shape index (κ2) is 7.51. The Bertz CT molecular complexity index is 1060. The SMILES string of the molecule is CN(C)c1ccc(NC(=O)[C@@H]2CCCN(C3=NS(=O)(=O)c4ccccc43)C2)cc1. The van der Waals surface area contributed by atoms with Crippen molar-refractivity contribution in [1.82, 2.24) is 4.90 Å². The van der Waals surface area contributed by atoms with Crippen LogP contribution in [0, 0.1) is 5.92 Å². The van der Waals surface area contributed by atoms with Crippen molar-refractivity contribution in [3.8, 4) is 0 Å². The molecule has 0 radical (unpaired) electrons. The Kier molecular flexibility index (Phi) is 5.04. The normalized spacial score (nSPS) is 20.0. The van der Waals surface area contributed by atoms with E-state index in [1.54, 1.807) is 24.3 Å². The van der Waals surface area contributed by atoms with E-state index in [4.69, 9.17) is 0 Å². The van der Waals surface area contributed by atoms with Gasteiger partial charge in [0.2, 0.25) is 5.91 Å². The predicted molar refractivity (Wildman–Crippen MR) is 114 cm³/mol. The van der Waals surface area contributed by atoms with Gasteiger partial charge in [-0.05, 0) is 49.2 Å². The maximum absolute atomic E-state index is 12.8. The van der Waals surface area contributed by atoms with Crippen LogP contribution in [0.2, 0.25) is 0 Å². The number of carbonyl (C=O) groups is 1. The maximum Gasteiger partial charge on any atom is 0.285 e. The summed E-state index contributed by atoms with van der Waals surface area (Å²) in [6, 6.07) is 14.5. The molecule has 0 bridgehead atoms. The Morgan fingerprint density at radius 3 is 2.59 bits per heavy atom. The van der Waals surface area contributed by atoms with Crippen molar-refractivity contribution in [2.45, 2.75) is 17.7 Å². The van der Waals surface area contributed by atoms with Crippen LogP contribution in [-0.2, 0) is 14.8 Å². The fourth-order valence-electron chi connectivity index (χ4n) is 3.79. The molecule has 4 rings (SSSR count). The van der Waals surface area contributed by atoms with E-state index in [1.807, 2.05) is 48.2 Å². The van der Waals surface area contributed by atoms with Gasteiger partial charge in [-0.25, -0.2) is 0 Å². The third-order valence-electron chi connectivity index (χ3n) is 5.36. The topological polar surface area (TPSA) is 82.1 Å². The van der Waals surface area contributed by atoms with Crippen LogP contribution < -0.4 is 10.2 Å². The number of amidine groups is 1. The number of hydrogen-bond acceptors (Lipinski definition) is 5. The Labute approximate surface area is 171 Å². The van der Waals surface area contributed by atoms with Crippen LogP contribution in [0.4, 0.5) is 11.4 Å². The highest BCUT2D eigenvalue weighted by molar-refractivity contribution is 7.90. The minimum absolute atomic E-state index is 0.0537. The smallest absolute Gasteiger partial charge is 0.285 e. The summed E-state index contributed by atoms with van der Waals surface area (Å²) in [7, 11) is 0.273. The molecule has 2 aromatic rings. The fourth-order valence-corrected chi connectivity index (χ4v) is 5.01. The van der Waals surface area contributed by atoms with E-state index in [9.17, 15) is 13.2 Å². The van der Waals surface area contributed by atoms with Crippen LogP contribution >= 0.6 is 0 Å². The number of sulfonamides is 1. The summed E-state index contributed by atoms with van der Waals surface area (Å²) in [6.45, 7) is 1.13. The summed E-state index contributed by atoms with van der Waals surface area (Å²) in [6.07, 6.45) is 1.57. The number of rotatable bonds is 3. The van der Waals surface area contributed by atoms with Gasteiger partial charge in [-0.15, -0.1) is 4.40 Å². The highest BCUT2D eigenvalue weighted by Gasteiger charge is 2.35. The minimum atomic E-state index is -3.66. The van der Waals surface area contributed by atoms with E-state index in [-0.39, 0.29) is 16.7 Å². The third kappa shape index (κ3) is 3.85. The lowest BCUT2D eigenvalue weighted by Gasteiger charge is -2.33. The zero-order valence-electron chi connectivity index (χ0n) is 16.5. The molecule has 152 valence electrons. The largest absolute Gasteiger partial charge is 0.378 e. The van der Waals surface area contributed by atoms with Gasteiger partial charge in [-0.3, -0.25) is 4.79 Å². The molecule has 0 unspecified atom stereocenters. The van der Waals surface area contributed by atoms with Crippen molar-refractivity contribution in [2.24, 2.45) is 10.3 Å². The average Bonchev–Trinajstić information content (AvgIpc) is 3.00. The number of carbonyl (C=O) groups excluding carboxylic acids is 1. The Hall–Kier alpha value is -2.87. The first-order valence-corrected chi connectivity index (χ1v) is 11.1. The Morgan fingerprint density at radius 2 is 1.86 bits per heavy atom. The van der Waals surface area contributed by atoms with Gasteiger partial charge < -0.3 is 15.1 Å². The predicted octanol–water partition coefficient (Wildman–Crippen LogP) is 2.55. The second-order valence-electron chi connectivity index (χ2n) is 7.60. The minimum Gasteiger partial charge on any atom is -0.378 e. The highest BCUT2D eigenvalue weighted by atomic mass is 32.2. The van der Waals surface area contributed by atoms with Gasteiger partial charge in [0, 0.05) is 44.1 Å². The number of amides is 1. The lowest BCUT2D eigenvalue weighted by molar-refractivity contribution is -0.121. The molecular formula is C21H24N4O3S. The molecular weight excluding hydrogens is 388 g/mol. The molecule has 2 aliphatic rings. The van der Waals surface area contributed by atoms with Gasteiger partial charge in [0.15, 0.2) is 5.84 Å². The van der Waals surface area contributed by atoms with Crippen molar-refractivity contribution in [3.63, 3.8) is 0 Å². The van der Waals surface area contributed by atoms with Gasteiger partial charge in [-0.1, -0.05) is 12.1 Å². The first-order valence-electron chi connectivity index (χ1n) is 9.63. The standard InChI is InChI=1S/C21H24N4O3S/c1-24(2)17-11-9-16(10-12-17)22-21(26)15-6-5-13-25(14-15)20-18-7-3-4-8-19(18)29(27,28)23-20/h3-4,7-12,15H,5-6,13-14H2,1-2H3,(H,22,26)/t15-/m1/s1. The van der Waals surface area contributed by atoms with Crippen molar-refractivity contribution in [3.05, 3.63) is 54.1 Å². The molecule has 1 N–H and O–H groups in total. The number of piperidine rings is 1. The molecule has 1 saturated heterocycles. The zero-order valence-corrected chi connectivity index (χ0v) is 17.3. The van der Waals surface area contributed by atoms with Crippen LogP contribution in [0.25, 0.3) is 0 Å². The van der Waals surface area contributed by atoms with E-state index in [2.05, 4.69) is 9.71 Å². The number of anilines is 2. The molecule has 8 heteroatoms. The van der Waals surface area contributed by atoms with E-state index in [0.29, 0.717) is 24.5 Å². The molecule has 1 amide bonds. The molecule has 29 heavy (non-hydrogen) atoms. The van der Waals surface area contributed by atoms with Crippen molar-refractivity contribution in [1.29, 1.82) is 0 Å². The summed E-state index contributed by atoms with van der Waals surface area (Å²) in [5.74, 6) is 0.172. The van der Waals surface area contributed by atoms with E-state index < -0.39 is 10.0 Å². The number of nitrogens with one attached hydrogen (secondary N) is 1. The Morgan fingerprint density at radius 1 is 1.14 bits per heavy atom. The van der Waals surface area contributed by atoms with Crippen molar-refractivity contribution in [2.75, 3.05) is 37.4 Å². The first-order chi connectivity index (χ1) is 13.8. The highest BCUT2D eigenvalue weighted by Crippen LogP contribution is 2.30.